The molecule has 4 heteroatoms. The predicted octanol–water partition coefficient (Wildman–Crippen LogP) is 2.67. The molecule has 0 atom stereocenters. The van der Waals surface area contributed by atoms with Crippen LogP contribution in [0.1, 0.15) is 64.2 Å². The fourth-order valence-corrected chi connectivity index (χ4v) is 4.80. The molecule has 120 valence electrons. The Morgan fingerprint density at radius 1 is 0.455 bits per heavy atom. The second-order valence-corrected chi connectivity index (χ2v) is 7.52. The Morgan fingerprint density at radius 2 is 0.727 bits per heavy atom. The lowest BCUT2D eigenvalue weighted by molar-refractivity contribution is -0.134. The Balaban J connectivity index is 1.54. The highest BCUT2D eigenvalue weighted by molar-refractivity contribution is 6.02. The highest BCUT2D eigenvalue weighted by Crippen LogP contribution is 2.42. The van der Waals surface area contributed by atoms with Crippen molar-refractivity contribution >= 4 is 23.1 Å². The molecule has 3 saturated carbocycles. The normalized spacial score (nSPS) is 32.5. The van der Waals surface area contributed by atoms with Crippen molar-refractivity contribution in [3.63, 3.8) is 0 Å². The molecule has 22 heavy (non-hydrogen) atoms. The zero-order chi connectivity index (χ0) is 15.7. The van der Waals surface area contributed by atoms with E-state index in [1.807, 2.05) is 0 Å². The van der Waals surface area contributed by atoms with Gasteiger partial charge < -0.3 is 0 Å². The Labute approximate surface area is 131 Å². The predicted molar refractivity (Wildman–Crippen MR) is 80.2 cm³/mol. The van der Waals surface area contributed by atoms with Gasteiger partial charge in [0.15, 0.2) is 0 Å². The van der Waals surface area contributed by atoms with E-state index in [4.69, 9.17) is 0 Å². The number of ketones is 4. The highest BCUT2D eigenvalue weighted by Gasteiger charge is 2.37. The van der Waals surface area contributed by atoms with Crippen LogP contribution in [0.3, 0.4) is 0 Å². The molecule has 0 heterocycles. The first-order chi connectivity index (χ1) is 10.5. The fraction of sp³-hybridized carbons (Fsp3) is 0.778. The largest absolute Gasteiger partial charge is 0.299 e. The molecule has 0 saturated heterocycles. The Kier molecular flexibility index (Phi) is 4.55. The van der Waals surface area contributed by atoms with Gasteiger partial charge in [0.2, 0.25) is 0 Å². The van der Waals surface area contributed by atoms with Gasteiger partial charge in [0.05, 0.1) is 12.8 Å². The molecule has 3 fully saturated rings. The maximum absolute atomic E-state index is 11.6. The molecular formula is C18H24O4. The van der Waals surface area contributed by atoms with Crippen LogP contribution in [-0.4, -0.2) is 23.1 Å². The van der Waals surface area contributed by atoms with Gasteiger partial charge in [-0.1, -0.05) is 0 Å². The standard InChI is InChI=1S/C18H24O4/c19-15-5-13(6-16(20)9-15)11-1-2-12(4-3-11)14-7-17(21)10-18(22)8-14/h11-14H,1-10H2. The minimum atomic E-state index is 0.104. The number of hydrogen-bond acceptors (Lipinski definition) is 4. The number of carbonyl (C=O) groups excluding carboxylic acids is 4. The summed E-state index contributed by atoms with van der Waals surface area (Å²) in [6.45, 7) is 0. The summed E-state index contributed by atoms with van der Waals surface area (Å²) in [4.78, 5) is 46.5. The molecule has 3 aliphatic carbocycles. The monoisotopic (exact) mass is 304 g/mol. The van der Waals surface area contributed by atoms with Crippen molar-refractivity contribution in [1.29, 1.82) is 0 Å². The average Bonchev–Trinajstić information content (AvgIpc) is 2.45. The summed E-state index contributed by atoms with van der Waals surface area (Å²) in [6, 6.07) is 0. The summed E-state index contributed by atoms with van der Waals surface area (Å²) < 4.78 is 0. The second-order valence-electron chi connectivity index (χ2n) is 7.52. The van der Waals surface area contributed by atoms with Crippen molar-refractivity contribution in [2.24, 2.45) is 23.7 Å². The molecule has 3 rings (SSSR count). The maximum Gasteiger partial charge on any atom is 0.140 e. The van der Waals surface area contributed by atoms with Gasteiger partial charge in [-0.05, 0) is 49.4 Å². The van der Waals surface area contributed by atoms with Crippen molar-refractivity contribution in [3.8, 4) is 0 Å². The van der Waals surface area contributed by atoms with Crippen LogP contribution in [0, 0.1) is 23.7 Å². The lowest BCUT2D eigenvalue weighted by atomic mass is 9.66. The molecule has 0 aromatic carbocycles. The third kappa shape index (κ3) is 3.53. The molecule has 0 bridgehead atoms. The first-order valence-electron chi connectivity index (χ1n) is 8.58. The van der Waals surface area contributed by atoms with Crippen LogP contribution in [0.15, 0.2) is 0 Å². The molecular weight excluding hydrogens is 280 g/mol. The lowest BCUT2D eigenvalue weighted by Gasteiger charge is -2.38. The van der Waals surface area contributed by atoms with E-state index < -0.39 is 0 Å². The lowest BCUT2D eigenvalue weighted by Crippen LogP contribution is -2.34. The number of carbonyl (C=O) groups is 4. The van der Waals surface area contributed by atoms with E-state index in [0.717, 1.165) is 25.7 Å². The van der Waals surface area contributed by atoms with Gasteiger partial charge in [0.1, 0.15) is 23.1 Å². The minimum absolute atomic E-state index is 0.104. The molecule has 0 spiro atoms. The van der Waals surface area contributed by atoms with Crippen LogP contribution < -0.4 is 0 Å². The third-order valence-electron chi connectivity index (χ3n) is 5.90. The molecule has 3 aliphatic rings. The summed E-state index contributed by atoms with van der Waals surface area (Å²) in [5, 5.41) is 0. The van der Waals surface area contributed by atoms with Gasteiger partial charge in [-0.15, -0.1) is 0 Å². The second kappa shape index (κ2) is 6.43. The van der Waals surface area contributed by atoms with Gasteiger partial charge in [0.25, 0.3) is 0 Å². The maximum atomic E-state index is 11.6. The van der Waals surface area contributed by atoms with E-state index in [-0.39, 0.29) is 47.8 Å². The zero-order valence-corrected chi connectivity index (χ0v) is 13.0. The molecule has 4 nitrogen and oxygen atoms in total. The van der Waals surface area contributed by atoms with E-state index in [9.17, 15) is 19.2 Å². The minimum Gasteiger partial charge on any atom is -0.299 e. The quantitative estimate of drug-likeness (QED) is 0.736. The number of hydrogen-bond donors (Lipinski definition) is 0. The molecule has 0 N–H and O–H groups in total. The van der Waals surface area contributed by atoms with Crippen molar-refractivity contribution < 1.29 is 19.2 Å². The summed E-state index contributed by atoms with van der Waals surface area (Å²) in [7, 11) is 0. The molecule has 0 aromatic heterocycles. The average molecular weight is 304 g/mol. The van der Waals surface area contributed by atoms with E-state index in [0.29, 0.717) is 37.5 Å². The van der Waals surface area contributed by atoms with Crippen molar-refractivity contribution in [2.45, 2.75) is 64.2 Å². The summed E-state index contributed by atoms with van der Waals surface area (Å²) in [5.41, 5.74) is 0. The van der Waals surface area contributed by atoms with Crippen molar-refractivity contribution in [2.75, 3.05) is 0 Å². The van der Waals surface area contributed by atoms with Crippen LogP contribution >= 0.6 is 0 Å². The Hall–Kier alpha value is -1.32. The van der Waals surface area contributed by atoms with Gasteiger partial charge in [-0.2, -0.15) is 0 Å². The molecule has 0 unspecified atom stereocenters. The fourth-order valence-electron chi connectivity index (χ4n) is 4.80. The summed E-state index contributed by atoms with van der Waals surface area (Å²) in [6.07, 6.45) is 6.70. The van der Waals surface area contributed by atoms with Gasteiger partial charge in [-0.25, -0.2) is 0 Å². The first-order valence-corrected chi connectivity index (χ1v) is 8.58. The molecule has 0 aromatic rings. The Bertz CT molecular complexity index is 421. The molecule has 0 radical (unpaired) electrons. The van der Waals surface area contributed by atoms with Crippen LogP contribution in [0.2, 0.25) is 0 Å². The molecule has 0 amide bonds. The van der Waals surface area contributed by atoms with E-state index in [1.165, 1.54) is 0 Å². The SMILES string of the molecule is O=C1CC(=O)CC(C2CCC(C3CC(=O)CC(=O)C3)CC2)C1. The number of rotatable bonds is 2. The van der Waals surface area contributed by atoms with E-state index >= 15 is 0 Å². The van der Waals surface area contributed by atoms with Crippen LogP contribution in [0.25, 0.3) is 0 Å². The first kappa shape index (κ1) is 15.6. The summed E-state index contributed by atoms with van der Waals surface area (Å²) >= 11 is 0. The van der Waals surface area contributed by atoms with E-state index in [1.54, 1.807) is 0 Å². The Morgan fingerprint density at radius 3 is 1.00 bits per heavy atom. The summed E-state index contributed by atoms with van der Waals surface area (Å²) in [5.74, 6) is 1.84. The van der Waals surface area contributed by atoms with Crippen molar-refractivity contribution in [3.05, 3.63) is 0 Å². The number of Topliss-reactive ketones (excluding diaryl/α,β-unsaturated/α-hetero) is 4. The highest BCUT2D eigenvalue weighted by atomic mass is 16.2. The van der Waals surface area contributed by atoms with Crippen LogP contribution in [0.5, 0.6) is 0 Å². The van der Waals surface area contributed by atoms with Crippen molar-refractivity contribution in [1.82, 2.24) is 0 Å². The van der Waals surface area contributed by atoms with Crippen LogP contribution in [-0.2, 0) is 19.2 Å². The topological polar surface area (TPSA) is 68.3 Å². The molecule has 0 aliphatic heterocycles. The third-order valence-corrected chi connectivity index (χ3v) is 5.90. The van der Waals surface area contributed by atoms with Gasteiger partial charge in [-0.3, -0.25) is 19.2 Å². The zero-order valence-electron chi connectivity index (χ0n) is 13.0. The smallest absolute Gasteiger partial charge is 0.140 e. The van der Waals surface area contributed by atoms with E-state index in [2.05, 4.69) is 0 Å². The van der Waals surface area contributed by atoms with Gasteiger partial charge in [0, 0.05) is 25.7 Å². The van der Waals surface area contributed by atoms with Crippen LogP contribution in [0.4, 0.5) is 0 Å². The van der Waals surface area contributed by atoms with Gasteiger partial charge >= 0.3 is 0 Å².